The third-order valence-electron chi connectivity index (χ3n) is 7.97. The van der Waals surface area contributed by atoms with Crippen molar-refractivity contribution in [1.82, 2.24) is 25.0 Å². The van der Waals surface area contributed by atoms with Crippen LogP contribution in [-0.4, -0.2) is 101 Å². The Labute approximate surface area is 260 Å². The Morgan fingerprint density at radius 1 is 1.05 bits per heavy atom. The number of carbonyl (C=O) groups excluding carboxylic acids is 4. The van der Waals surface area contributed by atoms with E-state index < -0.39 is 41.5 Å². The molecule has 3 saturated heterocycles. The number of fused-ring (bicyclic) bond motifs is 1. The Balaban J connectivity index is 1.33. The minimum atomic E-state index is -4.87. The van der Waals surface area contributed by atoms with E-state index >= 15 is 0 Å². The van der Waals surface area contributed by atoms with E-state index in [1.54, 1.807) is 4.90 Å². The summed E-state index contributed by atoms with van der Waals surface area (Å²) in [4.78, 5) is 63.2. The average molecular weight is 657 g/mol. The van der Waals surface area contributed by atoms with Crippen molar-refractivity contribution in [3.05, 3.63) is 52.3 Å². The molecular formula is C28H29Cl2F3N6O5. The molecular weight excluding hydrogens is 628 g/mol. The van der Waals surface area contributed by atoms with E-state index in [0.29, 0.717) is 18.7 Å². The first-order chi connectivity index (χ1) is 20.7. The second-order valence-electron chi connectivity index (χ2n) is 11.1. The highest BCUT2D eigenvalue weighted by molar-refractivity contribution is 6.33. The van der Waals surface area contributed by atoms with Crippen LogP contribution in [0, 0.1) is 0 Å². The number of ether oxygens (including phenoxy) is 1. The third kappa shape index (κ3) is 6.87. The minimum Gasteiger partial charge on any atom is -0.406 e. The predicted molar refractivity (Wildman–Crippen MR) is 153 cm³/mol. The lowest BCUT2D eigenvalue weighted by Gasteiger charge is -2.32. The highest BCUT2D eigenvalue weighted by Crippen LogP contribution is 2.43. The van der Waals surface area contributed by atoms with Crippen molar-refractivity contribution in [2.45, 2.75) is 43.6 Å². The van der Waals surface area contributed by atoms with Crippen LogP contribution in [0.3, 0.4) is 0 Å². The first-order valence-electron chi connectivity index (χ1n) is 13.8. The quantitative estimate of drug-likeness (QED) is 0.342. The van der Waals surface area contributed by atoms with Crippen molar-refractivity contribution in [2.75, 3.05) is 44.7 Å². The summed E-state index contributed by atoms with van der Waals surface area (Å²) in [7, 11) is 1.97. The zero-order valence-corrected chi connectivity index (χ0v) is 25.1. The molecule has 236 valence electrons. The molecule has 3 aliphatic heterocycles. The molecule has 0 spiro atoms. The molecule has 4 heterocycles. The van der Waals surface area contributed by atoms with Gasteiger partial charge in [0.25, 0.3) is 5.91 Å². The molecule has 0 saturated carbocycles. The lowest BCUT2D eigenvalue weighted by Crippen LogP contribution is -2.47. The van der Waals surface area contributed by atoms with E-state index in [1.807, 2.05) is 7.05 Å². The van der Waals surface area contributed by atoms with Gasteiger partial charge in [0, 0.05) is 64.4 Å². The van der Waals surface area contributed by atoms with Gasteiger partial charge in [0.05, 0.1) is 5.69 Å². The Hall–Kier alpha value is -3.62. The molecule has 0 aliphatic carbocycles. The molecule has 0 radical (unpaired) electrons. The number of hydrogen-bond acceptors (Lipinski definition) is 7. The number of nitrogens with one attached hydrogen (secondary N) is 1. The first-order valence-corrected chi connectivity index (χ1v) is 14.6. The van der Waals surface area contributed by atoms with Gasteiger partial charge in [-0.05, 0) is 36.9 Å². The Morgan fingerprint density at radius 3 is 2.30 bits per heavy atom. The van der Waals surface area contributed by atoms with Crippen LogP contribution in [0.2, 0.25) is 10.3 Å². The van der Waals surface area contributed by atoms with Crippen molar-refractivity contribution >= 4 is 52.6 Å². The van der Waals surface area contributed by atoms with Crippen molar-refractivity contribution in [3.8, 4) is 5.75 Å². The number of rotatable bonds is 8. The number of amides is 5. The number of urea groups is 1. The highest BCUT2D eigenvalue weighted by atomic mass is 35.5. The van der Waals surface area contributed by atoms with Crippen molar-refractivity contribution in [1.29, 1.82) is 0 Å². The van der Waals surface area contributed by atoms with Gasteiger partial charge in [0.1, 0.15) is 21.6 Å². The van der Waals surface area contributed by atoms with E-state index in [0.717, 1.165) is 30.1 Å². The molecule has 3 fully saturated rings. The van der Waals surface area contributed by atoms with Gasteiger partial charge in [-0.15, -0.1) is 13.2 Å². The van der Waals surface area contributed by atoms with Gasteiger partial charge < -0.3 is 24.8 Å². The fourth-order valence-electron chi connectivity index (χ4n) is 5.89. The number of likely N-dealkylation sites (N-methyl/N-ethyl adjacent to an activating group) is 1. The van der Waals surface area contributed by atoms with E-state index in [4.69, 9.17) is 23.2 Å². The summed E-state index contributed by atoms with van der Waals surface area (Å²) in [6.45, 7) is 2.69. The normalized spacial score (nSPS) is 22.4. The lowest BCUT2D eigenvalue weighted by atomic mass is 9.87. The predicted octanol–water partition coefficient (Wildman–Crippen LogP) is 3.48. The molecule has 0 bridgehead atoms. The molecule has 1 aromatic heterocycles. The van der Waals surface area contributed by atoms with Crippen LogP contribution in [0.5, 0.6) is 5.75 Å². The number of aromatic nitrogens is 1. The van der Waals surface area contributed by atoms with Crippen molar-refractivity contribution in [3.63, 3.8) is 0 Å². The standard InChI is InChI=1S/C28H29Cl2F3N6O5/c1-36-8-10-37(11-9-36)24(41)7-6-23(40)34-18-15-27(14-17-2-4-20(5-3-17)44-28(31,32)33)25(42)39(26(43)38(27)16-18)19-12-21(29)35-22(30)13-19/h2-5,12-13,18H,6-11,14-16H2,1H3,(H,34,40)/t18-,27+/m0/s1. The molecule has 0 unspecified atom stereocenters. The SMILES string of the molecule is CN1CCN(C(=O)CCC(=O)N[C@@H]2CN3C(=O)N(c4cc(Cl)nc(Cl)c4)C(=O)[C@@]3(Cc3ccc(OC(F)(F)F)cc3)C2)CC1. The van der Waals surface area contributed by atoms with E-state index in [-0.39, 0.29) is 54.1 Å². The van der Waals surface area contributed by atoms with Crippen LogP contribution >= 0.6 is 23.2 Å². The first kappa shape index (κ1) is 31.8. The molecule has 11 nitrogen and oxygen atoms in total. The number of anilines is 1. The number of hydrogen-bond donors (Lipinski definition) is 1. The van der Waals surface area contributed by atoms with Crippen LogP contribution in [-0.2, 0) is 20.8 Å². The number of alkyl halides is 3. The molecule has 2 aromatic rings. The van der Waals surface area contributed by atoms with E-state index in [9.17, 15) is 32.3 Å². The summed E-state index contributed by atoms with van der Waals surface area (Å²) in [6, 6.07) is 6.35. The highest BCUT2D eigenvalue weighted by Gasteiger charge is 2.62. The van der Waals surface area contributed by atoms with Crippen LogP contribution < -0.4 is 15.0 Å². The summed E-state index contributed by atoms with van der Waals surface area (Å²) in [5.41, 5.74) is -0.905. The molecule has 1 aromatic carbocycles. The topological polar surface area (TPSA) is 115 Å². The number of halogens is 5. The van der Waals surface area contributed by atoms with Crippen molar-refractivity contribution in [2.24, 2.45) is 0 Å². The van der Waals surface area contributed by atoms with Gasteiger partial charge in [-0.25, -0.2) is 14.7 Å². The third-order valence-corrected chi connectivity index (χ3v) is 8.36. The summed E-state index contributed by atoms with van der Waals surface area (Å²) in [6.07, 6.45) is -4.93. The number of pyridine rings is 1. The van der Waals surface area contributed by atoms with Gasteiger partial charge in [0.15, 0.2) is 0 Å². The fraction of sp³-hybridized carbons (Fsp3) is 0.464. The number of carbonyl (C=O) groups is 4. The maximum atomic E-state index is 14.1. The minimum absolute atomic E-state index is 0.0129. The van der Waals surface area contributed by atoms with Gasteiger partial charge in [-0.2, -0.15) is 0 Å². The summed E-state index contributed by atoms with van der Waals surface area (Å²) >= 11 is 12.1. The Bertz CT molecular complexity index is 1430. The Morgan fingerprint density at radius 2 is 1.68 bits per heavy atom. The van der Waals surface area contributed by atoms with Gasteiger partial charge >= 0.3 is 12.4 Å². The number of piperazine rings is 1. The maximum absolute atomic E-state index is 14.1. The van der Waals surface area contributed by atoms with Crippen LogP contribution in [0.25, 0.3) is 0 Å². The van der Waals surface area contributed by atoms with Crippen molar-refractivity contribution < 1.29 is 37.1 Å². The molecule has 3 aliphatic rings. The maximum Gasteiger partial charge on any atom is 0.573 e. The largest absolute Gasteiger partial charge is 0.573 e. The summed E-state index contributed by atoms with van der Waals surface area (Å²) in [5.74, 6) is -1.56. The lowest BCUT2D eigenvalue weighted by molar-refractivity contribution is -0.274. The number of nitrogens with zero attached hydrogens (tertiary/aromatic N) is 5. The van der Waals surface area contributed by atoms with Crippen LogP contribution in [0.4, 0.5) is 23.7 Å². The van der Waals surface area contributed by atoms with Gasteiger partial charge in [0.2, 0.25) is 11.8 Å². The summed E-state index contributed by atoms with van der Waals surface area (Å²) < 4.78 is 41.9. The second-order valence-corrected chi connectivity index (χ2v) is 11.8. The molecule has 1 N–H and O–H groups in total. The van der Waals surface area contributed by atoms with Crippen LogP contribution in [0.15, 0.2) is 36.4 Å². The Kier molecular flexibility index (Phi) is 8.96. The summed E-state index contributed by atoms with van der Waals surface area (Å²) in [5, 5.41) is 2.78. The average Bonchev–Trinajstić information content (AvgIpc) is 3.38. The molecule has 16 heteroatoms. The van der Waals surface area contributed by atoms with Crippen LogP contribution in [0.1, 0.15) is 24.8 Å². The van der Waals surface area contributed by atoms with Gasteiger partial charge in [-0.1, -0.05) is 35.3 Å². The zero-order valence-electron chi connectivity index (χ0n) is 23.6. The molecule has 44 heavy (non-hydrogen) atoms. The zero-order chi connectivity index (χ0) is 31.8. The monoisotopic (exact) mass is 656 g/mol. The van der Waals surface area contributed by atoms with E-state index in [1.165, 1.54) is 29.2 Å². The smallest absolute Gasteiger partial charge is 0.406 e. The number of imide groups is 1. The molecule has 2 atom stereocenters. The molecule has 5 rings (SSSR count). The fourth-order valence-corrected chi connectivity index (χ4v) is 6.34. The number of benzene rings is 1. The molecule has 5 amide bonds. The second kappa shape index (κ2) is 12.4. The van der Waals surface area contributed by atoms with Gasteiger partial charge in [-0.3, -0.25) is 14.4 Å². The van der Waals surface area contributed by atoms with E-state index in [2.05, 4.69) is 19.9 Å².